The maximum Gasteiger partial charge on any atom is 0.220 e. The standard InChI is InChI=1S/C15H23BrN2O3S/c1-11(17)4-9-14(19)18-10-15(2,3)22(20,21)13-7-5-12(16)6-8-13/h5-8,11H,4,9-10,17H2,1-3H3,(H,18,19). The van der Waals surface area contributed by atoms with Crippen molar-refractivity contribution >= 4 is 31.7 Å². The van der Waals surface area contributed by atoms with Gasteiger partial charge < -0.3 is 11.1 Å². The molecule has 0 aromatic heterocycles. The van der Waals surface area contributed by atoms with Gasteiger partial charge in [-0.2, -0.15) is 0 Å². The Morgan fingerprint density at radius 1 is 1.32 bits per heavy atom. The summed E-state index contributed by atoms with van der Waals surface area (Å²) in [5.41, 5.74) is 5.60. The third-order valence-corrected chi connectivity index (χ3v) is 6.41. The van der Waals surface area contributed by atoms with Gasteiger partial charge in [-0.3, -0.25) is 4.79 Å². The molecule has 0 saturated heterocycles. The van der Waals surface area contributed by atoms with Crippen molar-refractivity contribution in [3.05, 3.63) is 28.7 Å². The second-order valence-electron chi connectivity index (χ2n) is 6.01. The molecule has 1 atom stereocenters. The molecular weight excluding hydrogens is 368 g/mol. The Hall–Kier alpha value is -0.920. The highest BCUT2D eigenvalue weighted by atomic mass is 79.9. The van der Waals surface area contributed by atoms with Crippen molar-refractivity contribution in [1.82, 2.24) is 5.32 Å². The van der Waals surface area contributed by atoms with Crippen LogP contribution in [-0.4, -0.2) is 31.7 Å². The van der Waals surface area contributed by atoms with Gasteiger partial charge in [-0.15, -0.1) is 0 Å². The summed E-state index contributed by atoms with van der Waals surface area (Å²) in [6.45, 7) is 5.10. The molecule has 0 heterocycles. The molecule has 1 aromatic rings. The Balaban J connectivity index is 2.76. The SMILES string of the molecule is CC(N)CCC(=O)NCC(C)(C)S(=O)(=O)c1ccc(Br)cc1. The molecule has 1 amide bonds. The molecule has 1 aromatic carbocycles. The number of amides is 1. The van der Waals surface area contributed by atoms with Crippen LogP contribution in [0.2, 0.25) is 0 Å². The zero-order chi connectivity index (χ0) is 17.0. The molecule has 0 aliphatic rings. The van der Waals surface area contributed by atoms with E-state index < -0.39 is 14.6 Å². The van der Waals surface area contributed by atoms with Gasteiger partial charge in [-0.1, -0.05) is 15.9 Å². The number of sulfone groups is 1. The van der Waals surface area contributed by atoms with Crippen LogP contribution < -0.4 is 11.1 Å². The zero-order valence-corrected chi connectivity index (χ0v) is 15.5. The van der Waals surface area contributed by atoms with Crippen molar-refractivity contribution in [2.24, 2.45) is 5.73 Å². The van der Waals surface area contributed by atoms with E-state index >= 15 is 0 Å². The first-order chi connectivity index (χ1) is 10.1. The van der Waals surface area contributed by atoms with Crippen molar-refractivity contribution in [3.63, 3.8) is 0 Å². The van der Waals surface area contributed by atoms with Gasteiger partial charge >= 0.3 is 0 Å². The lowest BCUT2D eigenvalue weighted by molar-refractivity contribution is -0.121. The minimum atomic E-state index is -3.54. The van der Waals surface area contributed by atoms with Gasteiger partial charge in [0.1, 0.15) is 0 Å². The minimum absolute atomic E-state index is 0.0507. The third kappa shape index (κ3) is 5.07. The van der Waals surface area contributed by atoms with Crippen molar-refractivity contribution in [1.29, 1.82) is 0 Å². The first-order valence-corrected chi connectivity index (χ1v) is 9.36. The van der Waals surface area contributed by atoms with Gasteiger partial charge in [0, 0.05) is 23.5 Å². The van der Waals surface area contributed by atoms with Gasteiger partial charge in [0.2, 0.25) is 5.91 Å². The summed E-state index contributed by atoms with van der Waals surface area (Å²) >= 11 is 3.28. The normalized spacial score (nSPS) is 13.7. The molecule has 0 aliphatic carbocycles. The third-order valence-electron chi connectivity index (χ3n) is 3.39. The summed E-state index contributed by atoms with van der Waals surface area (Å²) in [5, 5.41) is 2.68. The van der Waals surface area contributed by atoms with Crippen LogP contribution in [0.4, 0.5) is 0 Å². The summed E-state index contributed by atoms with van der Waals surface area (Å²) in [6, 6.07) is 6.43. The van der Waals surface area contributed by atoms with Gasteiger partial charge in [0.05, 0.1) is 9.64 Å². The maximum atomic E-state index is 12.7. The number of nitrogens with two attached hydrogens (primary N) is 1. The van der Waals surface area contributed by atoms with E-state index in [4.69, 9.17) is 5.73 Å². The molecule has 7 heteroatoms. The van der Waals surface area contributed by atoms with Crippen LogP contribution in [0.3, 0.4) is 0 Å². The van der Waals surface area contributed by atoms with Crippen molar-refractivity contribution in [2.45, 2.75) is 49.3 Å². The molecule has 3 N–H and O–H groups in total. The summed E-state index contributed by atoms with van der Waals surface area (Å²) < 4.78 is 25.0. The van der Waals surface area contributed by atoms with Crippen LogP contribution in [0.1, 0.15) is 33.6 Å². The highest BCUT2D eigenvalue weighted by Gasteiger charge is 2.36. The van der Waals surface area contributed by atoms with E-state index in [2.05, 4.69) is 21.2 Å². The van der Waals surface area contributed by atoms with Crippen LogP contribution >= 0.6 is 15.9 Å². The number of carbonyl (C=O) groups excluding carboxylic acids is 1. The number of hydrogen-bond acceptors (Lipinski definition) is 4. The van der Waals surface area contributed by atoms with E-state index in [1.54, 1.807) is 38.1 Å². The Morgan fingerprint density at radius 3 is 2.36 bits per heavy atom. The van der Waals surface area contributed by atoms with Gasteiger partial charge in [0.15, 0.2) is 9.84 Å². The summed E-state index contributed by atoms with van der Waals surface area (Å²) in [6.07, 6.45) is 0.873. The smallest absolute Gasteiger partial charge is 0.220 e. The van der Waals surface area contributed by atoms with Crippen LogP contribution in [0.25, 0.3) is 0 Å². The fourth-order valence-electron chi connectivity index (χ4n) is 1.79. The number of halogens is 1. The number of nitrogens with one attached hydrogen (secondary N) is 1. The summed E-state index contributed by atoms with van der Waals surface area (Å²) in [5.74, 6) is -0.184. The average Bonchev–Trinajstić information content (AvgIpc) is 2.43. The van der Waals surface area contributed by atoms with Gasteiger partial charge in [-0.25, -0.2) is 8.42 Å². The lowest BCUT2D eigenvalue weighted by atomic mass is 10.1. The van der Waals surface area contributed by atoms with Crippen LogP contribution in [0, 0.1) is 0 Å². The molecule has 0 saturated carbocycles. The first kappa shape index (κ1) is 19.1. The summed E-state index contributed by atoms with van der Waals surface area (Å²) in [4.78, 5) is 12.0. The summed E-state index contributed by atoms with van der Waals surface area (Å²) in [7, 11) is -3.54. The van der Waals surface area contributed by atoms with Crippen molar-refractivity contribution in [3.8, 4) is 0 Å². The number of benzene rings is 1. The maximum absolute atomic E-state index is 12.7. The second kappa shape index (κ2) is 7.57. The molecule has 5 nitrogen and oxygen atoms in total. The van der Waals surface area contributed by atoms with E-state index in [9.17, 15) is 13.2 Å². The first-order valence-electron chi connectivity index (χ1n) is 7.09. The molecule has 124 valence electrons. The predicted octanol–water partition coefficient (Wildman–Crippen LogP) is 2.25. The average molecular weight is 391 g/mol. The van der Waals surface area contributed by atoms with Crippen LogP contribution in [0.5, 0.6) is 0 Å². The van der Waals surface area contributed by atoms with Crippen molar-refractivity contribution in [2.75, 3.05) is 6.54 Å². The Morgan fingerprint density at radius 2 is 1.86 bits per heavy atom. The van der Waals surface area contributed by atoms with E-state index in [1.165, 1.54) is 0 Å². The van der Waals surface area contributed by atoms with Crippen LogP contribution in [0.15, 0.2) is 33.6 Å². The van der Waals surface area contributed by atoms with Crippen LogP contribution in [-0.2, 0) is 14.6 Å². The van der Waals surface area contributed by atoms with Gasteiger partial charge in [0.25, 0.3) is 0 Å². The topological polar surface area (TPSA) is 89.3 Å². The van der Waals surface area contributed by atoms with E-state index in [0.29, 0.717) is 12.8 Å². The number of rotatable bonds is 7. The lowest BCUT2D eigenvalue weighted by Crippen LogP contribution is -2.44. The fraction of sp³-hybridized carbons (Fsp3) is 0.533. The Labute approximate surface area is 140 Å². The molecule has 22 heavy (non-hydrogen) atoms. The quantitative estimate of drug-likeness (QED) is 0.746. The second-order valence-corrected chi connectivity index (χ2v) is 9.51. The highest BCUT2D eigenvalue weighted by molar-refractivity contribution is 9.10. The molecule has 0 aliphatic heterocycles. The number of hydrogen-bond donors (Lipinski definition) is 2. The minimum Gasteiger partial charge on any atom is -0.355 e. The molecule has 0 spiro atoms. The fourth-order valence-corrected chi connectivity index (χ4v) is 3.45. The molecule has 1 rings (SSSR count). The largest absolute Gasteiger partial charge is 0.355 e. The molecular formula is C15H23BrN2O3S. The highest BCUT2D eigenvalue weighted by Crippen LogP contribution is 2.26. The van der Waals surface area contributed by atoms with E-state index in [0.717, 1.165) is 4.47 Å². The molecule has 0 bridgehead atoms. The number of carbonyl (C=O) groups is 1. The Kier molecular flexibility index (Phi) is 6.58. The Bertz CT molecular complexity index is 610. The van der Waals surface area contributed by atoms with E-state index in [1.807, 2.05) is 6.92 Å². The molecule has 1 unspecified atom stereocenters. The monoisotopic (exact) mass is 390 g/mol. The predicted molar refractivity (Wildman–Crippen MR) is 91.3 cm³/mol. The molecule has 0 radical (unpaired) electrons. The van der Waals surface area contributed by atoms with E-state index in [-0.39, 0.29) is 23.4 Å². The molecule has 0 fully saturated rings. The lowest BCUT2D eigenvalue weighted by Gasteiger charge is -2.25. The van der Waals surface area contributed by atoms with Crippen molar-refractivity contribution < 1.29 is 13.2 Å². The zero-order valence-electron chi connectivity index (χ0n) is 13.1. The van der Waals surface area contributed by atoms with Gasteiger partial charge in [-0.05, 0) is 51.5 Å².